The summed E-state index contributed by atoms with van der Waals surface area (Å²) in [6.45, 7) is 5.33. The van der Waals surface area contributed by atoms with Gasteiger partial charge >= 0.3 is 5.97 Å². The Morgan fingerprint density at radius 1 is 1.33 bits per heavy atom. The third-order valence-corrected chi connectivity index (χ3v) is 1.10. The zero-order valence-electron chi connectivity index (χ0n) is 7.03. The number of hydrogen-bond acceptors (Lipinski definition) is 1. The van der Waals surface area contributed by atoms with Crippen molar-refractivity contribution in [2.75, 3.05) is 0 Å². The van der Waals surface area contributed by atoms with E-state index in [2.05, 4.69) is 6.58 Å². The fraction of sp³-hybridized carbons (Fsp3) is 0.100. The monoisotopic (exact) mass is 164 g/mol. The number of aliphatic carboxylic acids is 1. The van der Waals surface area contributed by atoms with E-state index in [1.165, 1.54) is 6.08 Å². The molecule has 0 aromatic carbocycles. The highest BCUT2D eigenvalue weighted by Crippen LogP contribution is 1.94. The van der Waals surface area contributed by atoms with Gasteiger partial charge in [-0.3, -0.25) is 0 Å². The van der Waals surface area contributed by atoms with Crippen LogP contribution in [0.5, 0.6) is 0 Å². The van der Waals surface area contributed by atoms with Crippen molar-refractivity contribution >= 4 is 5.97 Å². The molecule has 0 radical (unpaired) electrons. The van der Waals surface area contributed by atoms with Crippen molar-refractivity contribution in [1.29, 1.82) is 0 Å². The number of allylic oxidation sites excluding steroid dienone is 6. The highest BCUT2D eigenvalue weighted by molar-refractivity contribution is 5.80. The van der Waals surface area contributed by atoms with Crippen LogP contribution in [0.25, 0.3) is 0 Å². The molecule has 2 heteroatoms. The van der Waals surface area contributed by atoms with Gasteiger partial charge in [0.25, 0.3) is 0 Å². The molecule has 0 aromatic heterocycles. The lowest BCUT2D eigenvalue weighted by molar-refractivity contribution is -0.131. The molecule has 12 heavy (non-hydrogen) atoms. The van der Waals surface area contributed by atoms with Crippen molar-refractivity contribution in [3.05, 3.63) is 48.6 Å². The first-order valence-corrected chi connectivity index (χ1v) is 3.54. The lowest BCUT2D eigenvalue weighted by atomic mass is 10.2. The van der Waals surface area contributed by atoms with Gasteiger partial charge in [0, 0.05) is 6.08 Å². The second-order valence-corrected chi connectivity index (χ2v) is 2.20. The van der Waals surface area contributed by atoms with E-state index in [-0.39, 0.29) is 0 Å². The van der Waals surface area contributed by atoms with Crippen molar-refractivity contribution in [3.8, 4) is 0 Å². The van der Waals surface area contributed by atoms with E-state index in [1.807, 2.05) is 6.92 Å². The highest BCUT2D eigenvalue weighted by Gasteiger charge is 1.84. The lowest BCUT2D eigenvalue weighted by Gasteiger charge is -1.85. The normalized spacial score (nSPS) is 12.6. The Bertz CT molecular complexity index is 245. The molecule has 0 saturated heterocycles. The first-order chi connectivity index (χ1) is 5.66. The Morgan fingerprint density at radius 2 is 2.00 bits per heavy atom. The Balaban J connectivity index is 4.10. The predicted molar refractivity (Wildman–Crippen MR) is 49.9 cm³/mol. The molecule has 1 N–H and O–H groups in total. The second-order valence-electron chi connectivity index (χ2n) is 2.20. The molecular formula is C10H12O2. The van der Waals surface area contributed by atoms with Gasteiger partial charge in [-0.25, -0.2) is 4.79 Å². The Hall–Kier alpha value is -1.57. The van der Waals surface area contributed by atoms with Crippen LogP contribution in [0.3, 0.4) is 0 Å². The predicted octanol–water partition coefficient (Wildman–Crippen LogP) is 2.32. The standard InChI is InChI=1S/C10H12O2/c1-3-4-5-6-9(2)7-8-10(11)12/h3-8H,1H2,2H3,(H,11,12)/b5-4-,8-7-,9-6+. The van der Waals surface area contributed by atoms with E-state index in [1.54, 1.807) is 24.3 Å². The summed E-state index contributed by atoms with van der Waals surface area (Å²) in [5, 5.41) is 8.29. The van der Waals surface area contributed by atoms with Crippen LogP contribution in [0, 0.1) is 0 Å². The van der Waals surface area contributed by atoms with Crippen LogP contribution >= 0.6 is 0 Å². The number of carboxylic acid groups (broad SMARTS) is 1. The Kier molecular flexibility index (Phi) is 5.35. The zero-order chi connectivity index (χ0) is 9.40. The van der Waals surface area contributed by atoms with E-state index >= 15 is 0 Å². The molecule has 2 nitrogen and oxygen atoms in total. The number of carboxylic acids is 1. The molecule has 0 aliphatic heterocycles. The van der Waals surface area contributed by atoms with E-state index in [9.17, 15) is 4.79 Å². The molecule has 0 bridgehead atoms. The number of rotatable bonds is 4. The van der Waals surface area contributed by atoms with Gasteiger partial charge in [0.15, 0.2) is 0 Å². The van der Waals surface area contributed by atoms with Gasteiger partial charge < -0.3 is 5.11 Å². The maximum absolute atomic E-state index is 10.1. The van der Waals surface area contributed by atoms with Crippen molar-refractivity contribution in [1.82, 2.24) is 0 Å². The van der Waals surface area contributed by atoms with Crippen LogP contribution < -0.4 is 0 Å². The van der Waals surface area contributed by atoms with Gasteiger partial charge in [-0.05, 0) is 6.92 Å². The topological polar surface area (TPSA) is 37.3 Å². The summed E-state index contributed by atoms with van der Waals surface area (Å²) in [7, 11) is 0. The number of hydrogen-bond donors (Lipinski definition) is 1. The molecule has 0 atom stereocenters. The third kappa shape index (κ3) is 6.55. The molecular weight excluding hydrogens is 152 g/mol. The molecule has 0 fully saturated rings. The molecule has 0 saturated carbocycles. The van der Waals surface area contributed by atoms with Crippen LogP contribution in [0.15, 0.2) is 48.6 Å². The van der Waals surface area contributed by atoms with E-state index < -0.39 is 5.97 Å². The molecule has 0 aromatic rings. The van der Waals surface area contributed by atoms with Crippen LogP contribution in [0.1, 0.15) is 6.92 Å². The van der Waals surface area contributed by atoms with Gasteiger partial charge in [-0.1, -0.05) is 42.5 Å². The SMILES string of the molecule is C=C\C=C/C=C(C)/C=C\C(=O)O. The van der Waals surface area contributed by atoms with Crippen molar-refractivity contribution in [3.63, 3.8) is 0 Å². The molecule has 0 amide bonds. The summed E-state index contributed by atoms with van der Waals surface area (Å²) < 4.78 is 0. The Morgan fingerprint density at radius 3 is 2.50 bits per heavy atom. The molecule has 0 rings (SSSR count). The lowest BCUT2D eigenvalue weighted by Crippen LogP contribution is -1.85. The summed E-state index contributed by atoms with van der Waals surface area (Å²) >= 11 is 0. The average molecular weight is 164 g/mol. The van der Waals surface area contributed by atoms with E-state index in [0.29, 0.717) is 0 Å². The van der Waals surface area contributed by atoms with Crippen molar-refractivity contribution in [2.24, 2.45) is 0 Å². The first kappa shape index (κ1) is 10.4. The average Bonchev–Trinajstić information content (AvgIpc) is 2.01. The maximum atomic E-state index is 10.1. The van der Waals surface area contributed by atoms with Gasteiger partial charge in [0.05, 0.1) is 0 Å². The minimum Gasteiger partial charge on any atom is -0.478 e. The minimum absolute atomic E-state index is 0.885. The second kappa shape index (κ2) is 6.16. The molecule has 64 valence electrons. The van der Waals surface area contributed by atoms with Crippen LogP contribution in [0.4, 0.5) is 0 Å². The van der Waals surface area contributed by atoms with Crippen LogP contribution in [-0.4, -0.2) is 11.1 Å². The number of carbonyl (C=O) groups is 1. The fourth-order valence-corrected chi connectivity index (χ4v) is 0.544. The molecule has 0 aliphatic carbocycles. The minimum atomic E-state index is -0.935. The highest BCUT2D eigenvalue weighted by atomic mass is 16.4. The van der Waals surface area contributed by atoms with Gasteiger partial charge in [0.1, 0.15) is 0 Å². The van der Waals surface area contributed by atoms with E-state index in [4.69, 9.17) is 5.11 Å². The zero-order valence-corrected chi connectivity index (χ0v) is 7.03. The van der Waals surface area contributed by atoms with Crippen LogP contribution in [-0.2, 0) is 4.79 Å². The largest absolute Gasteiger partial charge is 0.478 e. The Labute approximate surface area is 72.2 Å². The smallest absolute Gasteiger partial charge is 0.328 e. The third-order valence-electron chi connectivity index (χ3n) is 1.10. The summed E-state index contributed by atoms with van der Waals surface area (Å²) in [5.74, 6) is -0.935. The summed E-state index contributed by atoms with van der Waals surface area (Å²) in [4.78, 5) is 10.1. The summed E-state index contributed by atoms with van der Waals surface area (Å²) in [6, 6.07) is 0. The quantitative estimate of drug-likeness (QED) is 0.511. The summed E-state index contributed by atoms with van der Waals surface area (Å²) in [6.07, 6.45) is 9.68. The van der Waals surface area contributed by atoms with Gasteiger partial charge in [-0.15, -0.1) is 0 Å². The van der Waals surface area contributed by atoms with Crippen LogP contribution in [0.2, 0.25) is 0 Å². The molecule has 0 unspecified atom stereocenters. The van der Waals surface area contributed by atoms with Gasteiger partial charge in [0.2, 0.25) is 0 Å². The van der Waals surface area contributed by atoms with Gasteiger partial charge in [-0.2, -0.15) is 0 Å². The van der Waals surface area contributed by atoms with Crippen molar-refractivity contribution in [2.45, 2.75) is 6.92 Å². The summed E-state index contributed by atoms with van der Waals surface area (Å²) in [5.41, 5.74) is 0.885. The van der Waals surface area contributed by atoms with E-state index in [0.717, 1.165) is 11.6 Å². The molecule has 0 aliphatic rings. The van der Waals surface area contributed by atoms with Crippen molar-refractivity contribution < 1.29 is 9.90 Å². The maximum Gasteiger partial charge on any atom is 0.328 e. The fourth-order valence-electron chi connectivity index (χ4n) is 0.544. The molecule has 0 heterocycles. The first-order valence-electron chi connectivity index (χ1n) is 3.54. The molecule has 0 spiro atoms.